The van der Waals surface area contributed by atoms with E-state index in [4.69, 9.17) is 21.7 Å². The van der Waals surface area contributed by atoms with Gasteiger partial charge in [0, 0.05) is 5.69 Å². The average Bonchev–Trinajstić information content (AvgIpc) is 2.98. The minimum absolute atomic E-state index is 0.155. The lowest BCUT2D eigenvalue weighted by Crippen LogP contribution is -2.20. The third-order valence-corrected chi connectivity index (χ3v) is 4.71. The van der Waals surface area contributed by atoms with E-state index in [1.54, 1.807) is 36.4 Å². The van der Waals surface area contributed by atoms with Gasteiger partial charge >= 0.3 is 0 Å². The van der Waals surface area contributed by atoms with Gasteiger partial charge in [0.05, 0.1) is 12.0 Å². The molecule has 1 saturated heterocycles. The van der Waals surface area contributed by atoms with Crippen LogP contribution in [0.2, 0.25) is 0 Å². The normalized spacial score (nSPS) is 14.8. The van der Waals surface area contributed by atoms with Crippen molar-refractivity contribution >= 4 is 51.9 Å². The van der Waals surface area contributed by atoms with Crippen molar-refractivity contribution < 1.29 is 19.1 Å². The predicted molar refractivity (Wildman–Crippen MR) is 110 cm³/mol. The summed E-state index contributed by atoms with van der Waals surface area (Å²) < 4.78 is 11.3. The molecule has 0 radical (unpaired) electrons. The number of methoxy groups -OCH3 is 1. The molecule has 2 amide bonds. The molecule has 6 nitrogen and oxygen atoms in total. The van der Waals surface area contributed by atoms with E-state index in [9.17, 15) is 9.59 Å². The van der Waals surface area contributed by atoms with Crippen LogP contribution in [0.4, 0.5) is 5.69 Å². The number of hydrogen-bond donors (Lipinski definition) is 2. The Morgan fingerprint density at radius 1 is 1.22 bits per heavy atom. The highest BCUT2D eigenvalue weighted by Crippen LogP contribution is 2.31. The van der Waals surface area contributed by atoms with Crippen LogP contribution in [0.15, 0.2) is 53.4 Å². The summed E-state index contributed by atoms with van der Waals surface area (Å²) in [6, 6.07) is 14.3. The van der Waals surface area contributed by atoms with E-state index in [-0.39, 0.29) is 18.4 Å². The Morgan fingerprint density at radius 2 is 2.00 bits per heavy atom. The Kier molecular flexibility index (Phi) is 6.10. The molecule has 138 valence electrons. The number of thiocarbonyl (C=S) groups is 1. The van der Waals surface area contributed by atoms with Crippen LogP contribution >= 0.6 is 24.0 Å². The van der Waals surface area contributed by atoms with Gasteiger partial charge in [0.2, 0.25) is 0 Å². The van der Waals surface area contributed by atoms with Crippen molar-refractivity contribution in [2.24, 2.45) is 0 Å². The SMILES string of the molecule is COc1cc(/C=C2/SC(=S)NC2=O)ccc1OCC(=O)Nc1ccccc1. The molecule has 0 atom stereocenters. The minimum Gasteiger partial charge on any atom is -0.493 e. The molecule has 0 spiro atoms. The molecule has 2 N–H and O–H groups in total. The van der Waals surface area contributed by atoms with Crippen LogP contribution in [0.5, 0.6) is 11.5 Å². The maximum absolute atomic E-state index is 12.0. The van der Waals surface area contributed by atoms with E-state index >= 15 is 0 Å². The van der Waals surface area contributed by atoms with E-state index in [1.807, 2.05) is 18.2 Å². The van der Waals surface area contributed by atoms with Gasteiger partial charge < -0.3 is 20.1 Å². The fourth-order valence-corrected chi connectivity index (χ4v) is 3.37. The molecule has 27 heavy (non-hydrogen) atoms. The molecular formula is C19H16N2O4S2. The number of anilines is 1. The van der Waals surface area contributed by atoms with Gasteiger partial charge in [0.15, 0.2) is 18.1 Å². The van der Waals surface area contributed by atoms with Crippen molar-refractivity contribution in [3.63, 3.8) is 0 Å². The zero-order valence-electron chi connectivity index (χ0n) is 14.4. The van der Waals surface area contributed by atoms with E-state index in [0.29, 0.717) is 26.4 Å². The average molecular weight is 400 g/mol. The van der Waals surface area contributed by atoms with Crippen LogP contribution < -0.4 is 20.1 Å². The Hall–Kier alpha value is -2.84. The van der Waals surface area contributed by atoms with Gasteiger partial charge in [0.1, 0.15) is 4.32 Å². The van der Waals surface area contributed by atoms with Crippen molar-refractivity contribution in [3.8, 4) is 11.5 Å². The Bertz CT molecular complexity index is 913. The van der Waals surface area contributed by atoms with Crippen LogP contribution in [0, 0.1) is 0 Å². The maximum Gasteiger partial charge on any atom is 0.263 e. The number of nitrogens with one attached hydrogen (secondary N) is 2. The lowest BCUT2D eigenvalue weighted by Gasteiger charge is -2.11. The number of thioether (sulfide) groups is 1. The molecule has 2 aromatic rings. The first-order valence-electron chi connectivity index (χ1n) is 7.96. The lowest BCUT2D eigenvalue weighted by atomic mass is 10.2. The predicted octanol–water partition coefficient (Wildman–Crippen LogP) is 3.20. The number of benzene rings is 2. The Balaban J connectivity index is 1.66. The molecule has 0 aromatic heterocycles. The number of amides is 2. The molecule has 1 heterocycles. The molecule has 1 aliphatic heterocycles. The first-order valence-corrected chi connectivity index (χ1v) is 9.18. The van der Waals surface area contributed by atoms with Crippen LogP contribution in [-0.4, -0.2) is 29.9 Å². The molecule has 1 fully saturated rings. The van der Waals surface area contributed by atoms with Gasteiger partial charge in [-0.15, -0.1) is 0 Å². The third kappa shape index (κ3) is 5.08. The summed E-state index contributed by atoms with van der Waals surface area (Å²) in [5.41, 5.74) is 1.46. The monoisotopic (exact) mass is 400 g/mol. The number of ether oxygens (including phenoxy) is 2. The van der Waals surface area contributed by atoms with Crippen LogP contribution in [-0.2, 0) is 9.59 Å². The summed E-state index contributed by atoms with van der Waals surface area (Å²) in [6.07, 6.45) is 1.72. The molecule has 0 saturated carbocycles. The second-order valence-electron chi connectivity index (χ2n) is 5.47. The molecule has 1 aliphatic rings. The van der Waals surface area contributed by atoms with Crippen LogP contribution in [0.25, 0.3) is 6.08 Å². The number of hydrogen-bond acceptors (Lipinski definition) is 6. The summed E-state index contributed by atoms with van der Waals surface area (Å²) in [7, 11) is 1.51. The molecular weight excluding hydrogens is 384 g/mol. The second-order valence-corrected chi connectivity index (χ2v) is 7.18. The summed E-state index contributed by atoms with van der Waals surface area (Å²) >= 11 is 6.18. The van der Waals surface area contributed by atoms with E-state index in [2.05, 4.69) is 10.6 Å². The molecule has 3 rings (SSSR count). The van der Waals surface area contributed by atoms with Crippen LogP contribution in [0.1, 0.15) is 5.56 Å². The highest BCUT2D eigenvalue weighted by atomic mass is 32.2. The molecule has 0 unspecified atom stereocenters. The van der Waals surface area contributed by atoms with Crippen molar-refractivity contribution in [2.75, 3.05) is 19.0 Å². The number of carbonyl (C=O) groups is 2. The van der Waals surface area contributed by atoms with Gasteiger partial charge in [-0.25, -0.2) is 0 Å². The van der Waals surface area contributed by atoms with Gasteiger partial charge in [-0.1, -0.05) is 48.2 Å². The summed E-state index contributed by atoms with van der Waals surface area (Å²) in [5.74, 6) is 0.397. The summed E-state index contributed by atoms with van der Waals surface area (Å²) in [6.45, 7) is -0.155. The van der Waals surface area contributed by atoms with Crippen molar-refractivity contribution in [3.05, 3.63) is 59.0 Å². The van der Waals surface area contributed by atoms with Gasteiger partial charge in [-0.3, -0.25) is 9.59 Å². The van der Waals surface area contributed by atoms with Crippen molar-refractivity contribution in [2.45, 2.75) is 0 Å². The lowest BCUT2D eigenvalue weighted by molar-refractivity contribution is -0.118. The molecule has 0 bridgehead atoms. The van der Waals surface area contributed by atoms with E-state index in [1.165, 1.54) is 18.9 Å². The van der Waals surface area contributed by atoms with E-state index < -0.39 is 0 Å². The molecule has 0 aliphatic carbocycles. The zero-order valence-corrected chi connectivity index (χ0v) is 16.0. The maximum atomic E-state index is 12.0. The Labute approximate surface area is 165 Å². The van der Waals surface area contributed by atoms with Crippen molar-refractivity contribution in [1.82, 2.24) is 5.32 Å². The first kappa shape index (κ1) is 18.9. The third-order valence-electron chi connectivity index (χ3n) is 3.54. The highest BCUT2D eigenvalue weighted by molar-refractivity contribution is 8.26. The minimum atomic E-state index is -0.276. The first-order chi connectivity index (χ1) is 13.0. The smallest absolute Gasteiger partial charge is 0.263 e. The zero-order chi connectivity index (χ0) is 19.2. The molecule has 2 aromatic carbocycles. The summed E-state index contributed by atoms with van der Waals surface area (Å²) in [5, 5.41) is 5.31. The highest BCUT2D eigenvalue weighted by Gasteiger charge is 2.22. The Morgan fingerprint density at radius 3 is 2.67 bits per heavy atom. The topological polar surface area (TPSA) is 76.7 Å². The fraction of sp³-hybridized carbons (Fsp3) is 0.105. The summed E-state index contributed by atoms with van der Waals surface area (Å²) in [4.78, 5) is 24.3. The molecule has 8 heteroatoms. The quantitative estimate of drug-likeness (QED) is 0.573. The van der Waals surface area contributed by atoms with Crippen molar-refractivity contribution in [1.29, 1.82) is 0 Å². The number of para-hydroxylation sites is 1. The van der Waals surface area contributed by atoms with Gasteiger partial charge in [0.25, 0.3) is 11.8 Å². The van der Waals surface area contributed by atoms with Gasteiger partial charge in [-0.2, -0.15) is 0 Å². The number of rotatable bonds is 6. The number of carbonyl (C=O) groups excluding carboxylic acids is 2. The van der Waals surface area contributed by atoms with E-state index in [0.717, 1.165) is 5.56 Å². The standard InChI is InChI=1S/C19H16N2O4S2/c1-24-15-9-12(10-16-18(23)21-19(26)27-16)7-8-14(15)25-11-17(22)20-13-5-3-2-4-6-13/h2-10H,11H2,1H3,(H,20,22)(H,21,23,26)/b16-10+. The fourth-order valence-electron chi connectivity index (χ4n) is 2.33. The van der Waals surface area contributed by atoms with Crippen LogP contribution in [0.3, 0.4) is 0 Å². The van der Waals surface area contributed by atoms with Gasteiger partial charge in [-0.05, 0) is 35.9 Å². The largest absolute Gasteiger partial charge is 0.493 e. The second kappa shape index (κ2) is 8.70.